The molecule has 0 atom stereocenters. The summed E-state index contributed by atoms with van der Waals surface area (Å²) < 4.78 is 43.0. The van der Waals surface area contributed by atoms with Crippen molar-refractivity contribution >= 4 is 33.3 Å². The lowest BCUT2D eigenvalue weighted by atomic mass is 10.2. The highest BCUT2D eigenvalue weighted by molar-refractivity contribution is 7.89. The summed E-state index contributed by atoms with van der Waals surface area (Å²) in [5.74, 6) is -0.631. The summed E-state index contributed by atoms with van der Waals surface area (Å²) in [4.78, 5) is 26.1. The van der Waals surface area contributed by atoms with Crippen LogP contribution in [-0.2, 0) is 24.3 Å². The number of carbonyl (C=O) groups is 2. The van der Waals surface area contributed by atoms with E-state index in [4.69, 9.17) is 14.2 Å². The second-order valence-electron chi connectivity index (χ2n) is 7.41. The van der Waals surface area contributed by atoms with Gasteiger partial charge in [-0.3, -0.25) is 9.59 Å². The van der Waals surface area contributed by atoms with E-state index in [1.165, 1.54) is 18.2 Å². The topological polar surface area (TPSA) is 123 Å². The van der Waals surface area contributed by atoms with Crippen LogP contribution in [0.3, 0.4) is 0 Å². The molecule has 2 aromatic carbocycles. The number of amides is 1. The molecule has 1 aliphatic rings. The smallest absolute Gasteiger partial charge is 0.321 e. The Morgan fingerprint density at radius 3 is 2.35 bits per heavy atom. The first kappa shape index (κ1) is 25.3. The van der Waals surface area contributed by atoms with Crippen LogP contribution in [0, 0.1) is 0 Å². The van der Waals surface area contributed by atoms with Crippen molar-refractivity contribution in [2.45, 2.75) is 25.2 Å². The zero-order valence-corrected chi connectivity index (χ0v) is 20.0. The molecule has 0 aliphatic carbocycles. The number of ether oxygens (including phenoxy) is 3. The summed E-state index contributed by atoms with van der Waals surface area (Å²) in [6.07, 6.45) is 0.691. The Morgan fingerprint density at radius 1 is 1.00 bits per heavy atom. The highest BCUT2D eigenvalue weighted by atomic mass is 32.2. The summed E-state index contributed by atoms with van der Waals surface area (Å²) in [7, 11) is -3.99. The lowest BCUT2D eigenvalue weighted by molar-refractivity contribution is -0.146. The van der Waals surface area contributed by atoms with Crippen molar-refractivity contribution in [1.82, 2.24) is 4.72 Å². The molecule has 184 valence electrons. The summed E-state index contributed by atoms with van der Waals surface area (Å²) >= 11 is 0. The van der Waals surface area contributed by atoms with E-state index in [0.717, 1.165) is 18.8 Å². The van der Waals surface area contributed by atoms with Gasteiger partial charge in [-0.05, 0) is 50.2 Å². The average Bonchev–Trinajstić information content (AvgIpc) is 3.08. The first-order valence-electron chi connectivity index (χ1n) is 11.0. The second kappa shape index (κ2) is 11.7. The van der Waals surface area contributed by atoms with E-state index in [1.54, 1.807) is 12.1 Å². The van der Waals surface area contributed by atoms with Gasteiger partial charge < -0.3 is 24.4 Å². The predicted octanol–water partition coefficient (Wildman–Crippen LogP) is 2.15. The fraction of sp³-hybridized carbons (Fsp3) is 0.391. The van der Waals surface area contributed by atoms with Crippen LogP contribution < -0.4 is 24.4 Å². The lowest BCUT2D eigenvalue weighted by Gasteiger charge is -2.21. The molecule has 0 saturated carbocycles. The summed E-state index contributed by atoms with van der Waals surface area (Å²) in [6.45, 7) is 5.60. The van der Waals surface area contributed by atoms with Gasteiger partial charge in [-0.2, -0.15) is 4.72 Å². The molecule has 1 aliphatic heterocycles. The van der Waals surface area contributed by atoms with E-state index < -0.39 is 35.1 Å². The number of nitrogens with zero attached hydrogens (tertiary/aromatic N) is 1. The van der Waals surface area contributed by atoms with Crippen LogP contribution in [0.4, 0.5) is 11.4 Å². The molecule has 10 nitrogen and oxygen atoms in total. The Labute approximate surface area is 199 Å². The average molecular weight is 492 g/mol. The van der Waals surface area contributed by atoms with Crippen molar-refractivity contribution in [2.24, 2.45) is 0 Å². The number of benzene rings is 2. The van der Waals surface area contributed by atoms with Crippen LogP contribution in [-0.4, -0.2) is 59.7 Å². The maximum absolute atomic E-state index is 12.5. The Bertz CT molecular complexity index is 1100. The largest absolute Gasteiger partial charge is 0.490 e. The van der Waals surface area contributed by atoms with E-state index >= 15 is 0 Å². The van der Waals surface area contributed by atoms with Crippen LogP contribution in [0.25, 0.3) is 0 Å². The van der Waals surface area contributed by atoms with E-state index in [1.807, 2.05) is 12.1 Å². The maximum Gasteiger partial charge on any atom is 0.321 e. The molecule has 0 aromatic heterocycles. The fourth-order valence-corrected chi connectivity index (χ4v) is 4.27. The normalized spacial score (nSPS) is 13.0. The number of nitrogens with one attached hydrogen (secondary N) is 2. The molecule has 34 heavy (non-hydrogen) atoms. The molecule has 0 radical (unpaired) electrons. The highest BCUT2D eigenvalue weighted by Crippen LogP contribution is 2.31. The minimum Gasteiger partial charge on any atom is -0.490 e. The van der Waals surface area contributed by atoms with Gasteiger partial charge in [-0.15, -0.1) is 0 Å². The van der Waals surface area contributed by atoms with Crippen molar-refractivity contribution in [1.29, 1.82) is 0 Å². The van der Waals surface area contributed by atoms with Crippen LogP contribution in [0.1, 0.15) is 20.3 Å². The number of carbonyl (C=O) groups excluding carboxylic acids is 2. The minimum absolute atomic E-state index is 0.0737. The van der Waals surface area contributed by atoms with Gasteiger partial charge in [0.1, 0.15) is 6.54 Å². The van der Waals surface area contributed by atoms with Crippen molar-refractivity contribution in [3.8, 4) is 11.5 Å². The molecule has 3 rings (SSSR count). The molecule has 0 saturated heterocycles. The Kier molecular flexibility index (Phi) is 8.72. The summed E-state index contributed by atoms with van der Waals surface area (Å²) in [5, 5.41) is 2.63. The zero-order valence-electron chi connectivity index (χ0n) is 19.2. The standard InChI is InChI=1S/C23H29N3O7S/c1-3-26(4-2)18-8-6-17(7-9-18)25-22(27)16-33-23(28)15-24-34(29,30)19-10-11-20-21(14-19)32-13-5-12-31-20/h6-11,14,24H,3-5,12-13,15-16H2,1-2H3,(H,25,27). The zero-order chi connectivity index (χ0) is 24.6. The Hall–Kier alpha value is -3.31. The van der Waals surface area contributed by atoms with Gasteiger partial charge in [0.15, 0.2) is 18.1 Å². The molecule has 0 spiro atoms. The van der Waals surface area contributed by atoms with Gasteiger partial charge >= 0.3 is 5.97 Å². The third-order valence-corrected chi connectivity index (χ3v) is 6.48. The van der Waals surface area contributed by atoms with Gasteiger partial charge in [0, 0.05) is 37.0 Å². The first-order chi connectivity index (χ1) is 16.3. The van der Waals surface area contributed by atoms with Crippen LogP contribution >= 0.6 is 0 Å². The van der Waals surface area contributed by atoms with Crippen molar-refractivity contribution in [3.63, 3.8) is 0 Å². The van der Waals surface area contributed by atoms with E-state index in [-0.39, 0.29) is 4.90 Å². The Morgan fingerprint density at radius 2 is 1.68 bits per heavy atom. The van der Waals surface area contributed by atoms with Crippen LogP contribution in [0.5, 0.6) is 11.5 Å². The summed E-state index contributed by atoms with van der Waals surface area (Å²) in [5.41, 5.74) is 1.60. The molecule has 1 heterocycles. The number of anilines is 2. The molecule has 0 fully saturated rings. The third kappa shape index (κ3) is 6.84. The highest BCUT2D eigenvalue weighted by Gasteiger charge is 2.20. The number of sulfonamides is 1. The third-order valence-electron chi connectivity index (χ3n) is 5.08. The van der Waals surface area contributed by atoms with Gasteiger partial charge in [0.05, 0.1) is 18.1 Å². The van der Waals surface area contributed by atoms with Gasteiger partial charge in [-0.25, -0.2) is 8.42 Å². The number of hydrogen-bond acceptors (Lipinski definition) is 8. The lowest BCUT2D eigenvalue weighted by Crippen LogP contribution is -2.32. The first-order valence-corrected chi connectivity index (χ1v) is 12.5. The molecule has 0 unspecified atom stereocenters. The van der Waals surface area contributed by atoms with Gasteiger partial charge in [-0.1, -0.05) is 0 Å². The number of esters is 1. The van der Waals surface area contributed by atoms with Gasteiger partial charge in [0.25, 0.3) is 5.91 Å². The molecular weight excluding hydrogens is 462 g/mol. The Balaban J connectivity index is 1.46. The molecule has 2 N–H and O–H groups in total. The number of rotatable bonds is 10. The van der Waals surface area contributed by atoms with Gasteiger partial charge in [0.2, 0.25) is 10.0 Å². The molecule has 1 amide bonds. The van der Waals surface area contributed by atoms with Crippen LogP contribution in [0.15, 0.2) is 47.4 Å². The number of fused-ring (bicyclic) bond motifs is 1. The van der Waals surface area contributed by atoms with Crippen LogP contribution in [0.2, 0.25) is 0 Å². The van der Waals surface area contributed by atoms with Crippen molar-refractivity contribution < 1.29 is 32.2 Å². The summed E-state index contributed by atoms with van der Waals surface area (Å²) in [6, 6.07) is 11.5. The monoisotopic (exact) mass is 491 g/mol. The van der Waals surface area contributed by atoms with E-state index in [2.05, 4.69) is 28.8 Å². The van der Waals surface area contributed by atoms with E-state index in [0.29, 0.717) is 36.8 Å². The predicted molar refractivity (Wildman–Crippen MR) is 127 cm³/mol. The maximum atomic E-state index is 12.5. The SMILES string of the molecule is CCN(CC)c1ccc(NC(=O)COC(=O)CNS(=O)(=O)c2ccc3c(c2)OCCCO3)cc1. The second-order valence-corrected chi connectivity index (χ2v) is 9.18. The van der Waals surface area contributed by atoms with E-state index in [9.17, 15) is 18.0 Å². The number of hydrogen-bond donors (Lipinski definition) is 2. The molecule has 11 heteroatoms. The molecule has 2 aromatic rings. The molecule has 0 bridgehead atoms. The molecular formula is C23H29N3O7S. The van der Waals surface area contributed by atoms with Crippen molar-refractivity contribution in [3.05, 3.63) is 42.5 Å². The minimum atomic E-state index is -3.99. The van der Waals surface area contributed by atoms with Crippen molar-refractivity contribution in [2.75, 3.05) is 49.7 Å². The fourth-order valence-electron chi connectivity index (χ4n) is 3.29. The quantitative estimate of drug-likeness (QED) is 0.485.